The molecule has 0 aliphatic rings. The van der Waals surface area contributed by atoms with Crippen molar-refractivity contribution in [1.82, 2.24) is 0 Å². The molecule has 10 heavy (non-hydrogen) atoms. The standard InChI is InChI=1S/C7H9BO2/c1-6-4-2-3-5-7(6)8(9)10/h2-5,9-10H,1H3/i1D3,2D,3D,4D,5D. The van der Waals surface area contributed by atoms with Crippen LogP contribution in [0, 0.1) is 6.85 Å². The zero-order chi connectivity index (χ0) is 13.5. The molecule has 0 aliphatic heterocycles. The molecule has 1 rings (SSSR count). The van der Waals surface area contributed by atoms with E-state index < -0.39 is 49.2 Å². The molecule has 2 nitrogen and oxygen atoms in total. The third-order valence-corrected chi connectivity index (χ3v) is 0.975. The molecule has 0 atom stereocenters. The summed E-state index contributed by atoms with van der Waals surface area (Å²) in [4.78, 5) is 0. The van der Waals surface area contributed by atoms with Gasteiger partial charge >= 0.3 is 7.12 Å². The molecule has 0 amide bonds. The van der Waals surface area contributed by atoms with Crippen LogP contribution in [0.25, 0.3) is 0 Å². The molecule has 0 fully saturated rings. The minimum Gasteiger partial charge on any atom is -0.423 e. The van der Waals surface area contributed by atoms with Crippen molar-refractivity contribution in [3.63, 3.8) is 0 Å². The summed E-state index contributed by atoms with van der Waals surface area (Å²) in [6.07, 6.45) is 0. The van der Waals surface area contributed by atoms with Gasteiger partial charge in [-0.05, 0) is 12.3 Å². The van der Waals surface area contributed by atoms with Gasteiger partial charge in [-0.25, -0.2) is 0 Å². The fourth-order valence-electron chi connectivity index (χ4n) is 0.516. The maximum Gasteiger partial charge on any atom is 0.488 e. The number of hydrogen-bond acceptors (Lipinski definition) is 2. The summed E-state index contributed by atoms with van der Waals surface area (Å²) < 4.78 is 51.1. The van der Waals surface area contributed by atoms with Crippen LogP contribution in [0.3, 0.4) is 0 Å². The summed E-state index contributed by atoms with van der Waals surface area (Å²) in [6, 6.07) is -2.96. The molecule has 0 aromatic heterocycles. The van der Waals surface area contributed by atoms with Crippen molar-refractivity contribution in [3.8, 4) is 0 Å². The first-order valence-electron chi connectivity index (χ1n) is 6.06. The largest absolute Gasteiger partial charge is 0.488 e. The lowest BCUT2D eigenvalue weighted by atomic mass is 9.77. The lowest BCUT2D eigenvalue weighted by Crippen LogP contribution is -2.31. The van der Waals surface area contributed by atoms with Crippen molar-refractivity contribution in [1.29, 1.82) is 0 Å². The molecule has 1 aromatic rings. The Morgan fingerprint density at radius 1 is 1.50 bits per heavy atom. The van der Waals surface area contributed by atoms with E-state index in [2.05, 4.69) is 0 Å². The van der Waals surface area contributed by atoms with Gasteiger partial charge in [0.25, 0.3) is 0 Å². The van der Waals surface area contributed by atoms with Gasteiger partial charge in [0.2, 0.25) is 0 Å². The van der Waals surface area contributed by atoms with Crippen LogP contribution in [-0.2, 0) is 0 Å². The Bertz CT molecular complexity index is 457. The van der Waals surface area contributed by atoms with E-state index in [0.717, 1.165) is 0 Å². The minimum atomic E-state index is -2.85. The SMILES string of the molecule is [2H]c1c([2H])c([2H])c(C([2H])([2H])[2H])c(B(O)O)c1[2H]. The van der Waals surface area contributed by atoms with Gasteiger partial charge in [-0.1, -0.05) is 29.7 Å². The summed E-state index contributed by atoms with van der Waals surface area (Å²) in [5, 5.41) is 18.1. The highest BCUT2D eigenvalue weighted by Crippen LogP contribution is 1.92. The summed E-state index contributed by atoms with van der Waals surface area (Å²) in [5.41, 5.74) is -1.48. The van der Waals surface area contributed by atoms with E-state index in [1.54, 1.807) is 0 Å². The summed E-state index contributed by atoms with van der Waals surface area (Å²) in [5.74, 6) is 0. The Kier molecular flexibility index (Phi) is 0.675. The molecule has 0 heterocycles. The van der Waals surface area contributed by atoms with Crippen molar-refractivity contribution in [2.75, 3.05) is 0 Å². The maximum atomic E-state index is 9.05. The molecule has 0 unspecified atom stereocenters. The van der Waals surface area contributed by atoms with E-state index in [0.29, 0.717) is 0 Å². The minimum absolute atomic E-state index is 0.703. The van der Waals surface area contributed by atoms with Gasteiger partial charge in [-0.15, -0.1) is 0 Å². The average molecular weight is 143 g/mol. The highest BCUT2D eigenvalue weighted by atomic mass is 16.4. The van der Waals surface area contributed by atoms with Gasteiger partial charge in [0.15, 0.2) is 0 Å². The Hall–Kier alpha value is -0.795. The molecule has 1 aromatic carbocycles. The van der Waals surface area contributed by atoms with E-state index in [9.17, 15) is 0 Å². The van der Waals surface area contributed by atoms with Gasteiger partial charge < -0.3 is 10.0 Å². The van der Waals surface area contributed by atoms with Crippen molar-refractivity contribution in [2.45, 2.75) is 6.85 Å². The monoisotopic (exact) mass is 143 g/mol. The third-order valence-electron chi connectivity index (χ3n) is 0.975. The first kappa shape index (κ1) is 2.36. The molecule has 52 valence electrons. The number of rotatable bonds is 1. The number of benzene rings is 1. The smallest absolute Gasteiger partial charge is 0.423 e. The van der Waals surface area contributed by atoms with Crippen LogP contribution in [0.1, 0.15) is 15.2 Å². The number of hydrogen-bond donors (Lipinski definition) is 2. The first-order chi connectivity index (χ1) is 7.59. The molecule has 0 saturated carbocycles. The molecular formula is C7H9BO2. The van der Waals surface area contributed by atoms with Crippen LogP contribution in [0.5, 0.6) is 0 Å². The van der Waals surface area contributed by atoms with E-state index >= 15 is 0 Å². The maximum absolute atomic E-state index is 9.05. The lowest BCUT2D eigenvalue weighted by molar-refractivity contribution is 0.425. The van der Waals surface area contributed by atoms with Crippen molar-refractivity contribution in [3.05, 3.63) is 29.7 Å². The van der Waals surface area contributed by atoms with E-state index in [-0.39, 0.29) is 0 Å². The molecule has 3 heteroatoms. The van der Waals surface area contributed by atoms with Crippen molar-refractivity contribution >= 4 is 12.6 Å². The van der Waals surface area contributed by atoms with E-state index in [4.69, 9.17) is 19.6 Å². The van der Waals surface area contributed by atoms with Gasteiger partial charge in [0.05, 0.1) is 5.48 Å². The van der Waals surface area contributed by atoms with Crippen LogP contribution >= 0.6 is 0 Å². The van der Waals surface area contributed by atoms with Crippen LogP contribution in [0.4, 0.5) is 0 Å². The van der Waals surface area contributed by atoms with Crippen LogP contribution < -0.4 is 5.46 Å². The zero-order valence-electron chi connectivity index (χ0n) is 12.0. The highest BCUT2D eigenvalue weighted by molar-refractivity contribution is 6.59. The Morgan fingerprint density at radius 2 is 2.20 bits per heavy atom. The van der Waals surface area contributed by atoms with Crippen molar-refractivity contribution in [2.24, 2.45) is 0 Å². The summed E-state index contributed by atoms with van der Waals surface area (Å²) >= 11 is 0. The van der Waals surface area contributed by atoms with Gasteiger partial charge in [0.1, 0.15) is 0 Å². The summed E-state index contributed by atoms with van der Waals surface area (Å²) in [6.45, 7) is -2.85. The van der Waals surface area contributed by atoms with E-state index in [1.807, 2.05) is 0 Å². The van der Waals surface area contributed by atoms with Gasteiger partial charge in [-0.2, -0.15) is 0 Å². The Morgan fingerprint density at radius 3 is 2.80 bits per heavy atom. The molecule has 0 radical (unpaired) electrons. The molecule has 0 saturated heterocycles. The fraction of sp³-hybridized carbons (Fsp3) is 0.143. The molecule has 0 spiro atoms. The van der Waals surface area contributed by atoms with Crippen LogP contribution in [-0.4, -0.2) is 17.2 Å². The zero-order valence-corrected chi connectivity index (χ0v) is 4.97. The normalized spacial score (nSPS) is 20.8. The Labute approximate surface area is 70.1 Å². The third kappa shape index (κ3) is 1.37. The average Bonchev–Trinajstić information content (AvgIpc) is 2.17. The fourth-order valence-corrected chi connectivity index (χ4v) is 0.516. The predicted octanol–water partition coefficient (Wildman–Crippen LogP) is -0.325. The molecule has 0 bridgehead atoms. The van der Waals surface area contributed by atoms with Crippen molar-refractivity contribution < 1.29 is 19.6 Å². The quantitative estimate of drug-likeness (QED) is 0.528. The van der Waals surface area contributed by atoms with Gasteiger partial charge in [0, 0.05) is 4.11 Å². The molecular weight excluding hydrogens is 127 g/mol. The van der Waals surface area contributed by atoms with Gasteiger partial charge in [-0.3, -0.25) is 0 Å². The second-order valence-corrected chi connectivity index (χ2v) is 1.66. The lowest BCUT2D eigenvalue weighted by Gasteiger charge is -2.01. The van der Waals surface area contributed by atoms with Crippen LogP contribution in [0.15, 0.2) is 24.2 Å². The Balaban J connectivity index is 3.79. The predicted molar refractivity (Wildman–Crippen MR) is 41.0 cm³/mol. The summed E-state index contributed by atoms with van der Waals surface area (Å²) in [7, 11) is -2.27. The molecule has 2 N–H and O–H groups in total. The first-order valence-corrected chi connectivity index (χ1v) is 2.56. The second-order valence-electron chi connectivity index (χ2n) is 1.66. The second kappa shape index (κ2) is 2.86. The van der Waals surface area contributed by atoms with Crippen LogP contribution in [0.2, 0.25) is 0 Å². The van der Waals surface area contributed by atoms with E-state index in [1.165, 1.54) is 0 Å². The molecule has 0 aliphatic carbocycles. The topological polar surface area (TPSA) is 40.5 Å². The highest BCUT2D eigenvalue weighted by Gasteiger charge is 2.11.